The van der Waals surface area contributed by atoms with E-state index in [-0.39, 0.29) is 11.2 Å². The molecular formula is C12H15NO2S. The third-order valence-corrected chi connectivity index (χ3v) is 4.33. The molecule has 2 unspecified atom stereocenters. The number of fused-ring (bicyclic) bond motifs is 1. The lowest BCUT2D eigenvalue weighted by Gasteiger charge is -2.36. The highest BCUT2D eigenvalue weighted by Crippen LogP contribution is 2.41. The van der Waals surface area contributed by atoms with Gasteiger partial charge in [-0.25, -0.2) is 0 Å². The van der Waals surface area contributed by atoms with E-state index >= 15 is 0 Å². The second-order valence-electron chi connectivity index (χ2n) is 4.01. The molecule has 0 saturated heterocycles. The summed E-state index contributed by atoms with van der Waals surface area (Å²) in [5.41, 5.74) is 0.130. The summed E-state index contributed by atoms with van der Waals surface area (Å²) >= 11 is 1.55. The van der Waals surface area contributed by atoms with Crippen LogP contribution in [0.1, 0.15) is 22.8 Å². The molecule has 3 nitrogen and oxygen atoms in total. The van der Waals surface area contributed by atoms with Gasteiger partial charge in [0.1, 0.15) is 0 Å². The summed E-state index contributed by atoms with van der Waals surface area (Å²) in [6.07, 6.45) is 1.93. The molecule has 2 atom stereocenters. The van der Waals surface area contributed by atoms with Crippen molar-refractivity contribution in [1.82, 2.24) is 4.90 Å². The van der Waals surface area contributed by atoms with E-state index < -0.39 is 5.72 Å². The van der Waals surface area contributed by atoms with Crippen molar-refractivity contribution in [3.8, 4) is 0 Å². The van der Waals surface area contributed by atoms with Crippen molar-refractivity contribution in [2.45, 2.75) is 17.9 Å². The number of rotatable bonds is 2. The first kappa shape index (κ1) is 11.5. The summed E-state index contributed by atoms with van der Waals surface area (Å²) in [5, 5.41) is 10.7. The molecule has 0 aromatic heterocycles. The van der Waals surface area contributed by atoms with Crippen LogP contribution in [0.5, 0.6) is 0 Å². The van der Waals surface area contributed by atoms with Gasteiger partial charge in [0, 0.05) is 18.2 Å². The topological polar surface area (TPSA) is 40.5 Å². The van der Waals surface area contributed by atoms with Crippen molar-refractivity contribution in [2.75, 3.05) is 13.3 Å². The zero-order valence-corrected chi connectivity index (χ0v) is 10.4. The normalized spacial score (nSPS) is 25.8. The van der Waals surface area contributed by atoms with Gasteiger partial charge in [0.2, 0.25) is 0 Å². The second-order valence-corrected chi connectivity index (χ2v) is 5.19. The zero-order chi connectivity index (χ0) is 11.9. The molecule has 1 aromatic carbocycles. The zero-order valence-electron chi connectivity index (χ0n) is 9.60. The lowest BCUT2D eigenvalue weighted by molar-refractivity contribution is -0.0698. The van der Waals surface area contributed by atoms with Gasteiger partial charge >= 0.3 is 0 Å². The van der Waals surface area contributed by atoms with Crippen LogP contribution in [0.25, 0.3) is 0 Å². The number of aliphatic hydroxyl groups is 1. The Bertz CT molecular complexity index is 435. The SMILES string of the molecule is CSC(C)C1(O)c2ccccc2C(=O)N1C. The van der Waals surface area contributed by atoms with Crippen molar-refractivity contribution in [3.05, 3.63) is 35.4 Å². The predicted molar refractivity (Wildman–Crippen MR) is 65.4 cm³/mol. The van der Waals surface area contributed by atoms with Crippen molar-refractivity contribution >= 4 is 17.7 Å². The largest absolute Gasteiger partial charge is 0.366 e. The van der Waals surface area contributed by atoms with E-state index in [9.17, 15) is 9.90 Å². The highest BCUT2D eigenvalue weighted by molar-refractivity contribution is 7.99. The first-order chi connectivity index (χ1) is 7.53. The van der Waals surface area contributed by atoms with E-state index in [0.29, 0.717) is 11.1 Å². The molecule has 1 heterocycles. The molecule has 86 valence electrons. The van der Waals surface area contributed by atoms with E-state index in [4.69, 9.17) is 0 Å². The van der Waals surface area contributed by atoms with Gasteiger partial charge < -0.3 is 10.0 Å². The predicted octanol–water partition coefficient (Wildman–Crippen LogP) is 1.67. The van der Waals surface area contributed by atoms with Crippen molar-refractivity contribution in [3.63, 3.8) is 0 Å². The van der Waals surface area contributed by atoms with Crippen LogP contribution in [-0.2, 0) is 5.72 Å². The number of amides is 1. The smallest absolute Gasteiger partial charge is 0.256 e. The average molecular weight is 237 g/mol. The lowest BCUT2D eigenvalue weighted by Crippen LogP contribution is -2.47. The Morgan fingerprint density at radius 1 is 1.44 bits per heavy atom. The van der Waals surface area contributed by atoms with Gasteiger partial charge in [-0.1, -0.05) is 18.2 Å². The summed E-state index contributed by atoms with van der Waals surface area (Å²) in [5.74, 6) is -0.112. The molecule has 0 spiro atoms. The molecule has 1 aromatic rings. The van der Waals surface area contributed by atoms with E-state index in [1.54, 1.807) is 24.9 Å². The molecule has 16 heavy (non-hydrogen) atoms. The van der Waals surface area contributed by atoms with Crippen LogP contribution >= 0.6 is 11.8 Å². The van der Waals surface area contributed by atoms with Crippen LogP contribution < -0.4 is 0 Å². The third kappa shape index (κ3) is 1.30. The lowest BCUT2D eigenvalue weighted by atomic mass is 9.99. The van der Waals surface area contributed by atoms with Crippen LogP contribution in [0.4, 0.5) is 0 Å². The number of carbonyl (C=O) groups is 1. The van der Waals surface area contributed by atoms with Crippen LogP contribution in [0.2, 0.25) is 0 Å². The molecule has 0 fully saturated rings. The number of hydrogen-bond acceptors (Lipinski definition) is 3. The molecule has 4 heteroatoms. The number of carbonyl (C=O) groups excluding carboxylic acids is 1. The molecule has 0 saturated carbocycles. The fourth-order valence-electron chi connectivity index (χ4n) is 2.16. The number of nitrogens with zero attached hydrogens (tertiary/aromatic N) is 1. The minimum Gasteiger partial charge on any atom is -0.366 e. The standard InChI is InChI=1S/C12H15NO2S/c1-8(16-3)12(15)10-7-5-4-6-9(10)11(14)13(12)2/h4-8,15H,1-3H3. The summed E-state index contributed by atoms with van der Waals surface area (Å²) in [7, 11) is 1.65. The van der Waals surface area contributed by atoms with E-state index in [1.165, 1.54) is 4.90 Å². The number of benzene rings is 1. The summed E-state index contributed by atoms with van der Waals surface area (Å²) in [6, 6.07) is 7.26. The number of hydrogen-bond donors (Lipinski definition) is 1. The van der Waals surface area contributed by atoms with E-state index in [1.807, 2.05) is 31.4 Å². The highest BCUT2D eigenvalue weighted by Gasteiger charge is 2.49. The average Bonchev–Trinajstić information content (AvgIpc) is 2.52. The maximum atomic E-state index is 12.0. The van der Waals surface area contributed by atoms with Crippen molar-refractivity contribution in [1.29, 1.82) is 0 Å². The summed E-state index contributed by atoms with van der Waals surface area (Å²) in [4.78, 5) is 13.4. The highest BCUT2D eigenvalue weighted by atomic mass is 32.2. The Balaban J connectivity index is 2.60. The third-order valence-electron chi connectivity index (χ3n) is 3.29. The van der Waals surface area contributed by atoms with Gasteiger partial charge in [0.05, 0.1) is 5.25 Å². The van der Waals surface area contributed by atoms with Gasteiger partial charge in [-0.2, -0.15) is 11.8 Å². The quantitative estimate of drug-likeness (QED) is 0.850. The minimum absolute atomic E-state index is 0.0647. The molecule has 1 aliphatic rings. The van der Waals surface area contributed by atoms with Gasteiger partial charge in [-0.3, -0.25) is 4.79 Å². The molecule has 0 radical (unpaired) electrons. The number of thioether (sulfide) groups is 1. The fraction of sp³-hybridized carbons (Fsp3) is 0.417. The van der Waals surface area contributed by atoms with Crippen LogP contribution in [0.15, 0.2) is 24.3 Å². The van der Waals surface area contributed by atoms with Gasteiger partial charge in [-0.05, 0) is 19.2 Å². The van der Waals surface area contributed by atoms with Crippen LogP contribution in [0.3, 0.4) is 0 Å². The van der Waals surface area contributed by atoms with E-state index in [2.05, 4.69) is 0 Å². The van der Waals surface area contributed by atoms with Crippen molar-refractivity contribution < 1.29 is 9.90 Å². The minimum atomic E-state index is -1.19. The molecule has 1 amide bonds. The molecule has 1 aliphatic heterocycles. The molecule has 0 bridgehead atoms. The second kappa shape index (κ2) is 3.79. The summed E-state index contributed by atoms with van der Waals surface area (Å²) < 4.78 is 0. The molecule has 0 aliphatic carbocycles. The maximum Gasteiger partial charge on any atom is 0.256 e. The monoisotopic (exact) mass is 237 g/mol. The van der Waals surface area contributed by atoms with Crippen LogP contribution in [-0.4, -0.2) is 34.5 Å². The Hall–Kier alpha value is -1.00. The Kier molecular flexibility index (Phi) is 2.72. The first-order valence-corrected chi connectivity index (χ1v) is 6.45. The van der Waals surface area contributed by atoms with Crippen molar-refractivity contribution in [2.24, 2.45) is 0 Å². The summed E-state index contributed by atoms with van der Waals surface area (Å²) in [6.45, 7) is 1.93. The first-order valence-electron chi connectivity index (χ1n) is 5.16. The Labute approximate surface area is 99.5 Å². The molecule has 1 N–H and O–H groups in total. The van der Waals surface area contributed by atoms with Crippen LogP contribution in [0, 0.1) is 0 Å². The molecule has 2 rings (SSSR count). The Morgan fingerprint density at radius 3 is 2.69 bits per heavy atom. The molecular weight excluding hydrogens is 222 g/mol. The van der Waals surface area contributed by atoms with Gasteiger partial charge in [0.25, 0.3) is 5.91 Å². The van der Waals surface area contributed by atoms with Gasteiger partial charge in [-0.15, -0.1) is 0 Å². The fourth-order valence-corrected chi connectivity index (χ4v) is 2.78. The van der Waals surface area contributed by atoms with Gasteiger partial charge in [0.15, 0.2) is 5.72 Å². The van der Waals surface area contributed by atoms with E-state index in [0.717, 1.165) is 0 Å². The Morgan fingerprint density at radius 2 is 2.06 bits per heavy atom. The maximum absolute atomic E-state index is 12.0.